The standard InChI is InChI=1S/C13H20N4O3S/c1-2-3-4-17-12(19)10(11(18)15-13(17)21)9-14-16-5-7-20-8-6-16/h9,19H,2-8H2,1H3,(H,15,18,21)/b14-9+. The third-order valence-electron chi connectivity index (χ3n) is 3.28. The van der Waals surface area contributed by atoms with Crippen LogP contribution in [-0.4, -0.2) is 52.2 Å². The van der Waals surface area contributed by atoms with Gasteiger partial charge in [-0.15, -0.1) is 0 Å². The summed E-state index contributed by atoms with van der Waals surface area (Å²) in [7, 11) is 0. The number of aromatic amines is 1. The molecule has 1 aliphatic heterocycles. The second-order valence-corrected chi connectivity index (χ2v) is 5.20. The van der Waals surface area contributed by atoms with Crippen molar-refractivity contribution in [3.05, 3.63) is 20.7 Å². The largest absolute Gasteiger partial charge is 0.494 e. The van der Waals surface area contributed by atoms with E-state index in [1.807, 2.05) is 6.92 Å². The normalized spacial score (nSPS) is 15.8. The van der Waals surface area contributed by atoms with E-state index < -0.39 is 5.56 Å². The number of rotatable bonds is 5. The molecule has 2 rings (SSSR count). The average molecular weight is 312 g/mol. The molecule has 0 saturated carbocycles. The Morgan fingerprint density at radius 1 is 1.48 bits per heavy atom. The topological polar surface area (TPSA) is 82.8 Å². The van der Waals surface area contributed by atoms with Gasteiger partial charge in [0, 0.05) is 6.54 Å². The van der Waals surface area contributed by atoms with Crippen LogP contribution < -0.4 is 5.56 Å². The summed E-state index contributed by atoms with van der Waals surface area (Å²) in [6.45, 7) is 5.18. The minimum atomic E-state index is -0.428. The van der Waals surface area contributed by atoms with Crippen molar-refractivity contribution >= 4 is 18.4 Å². The van der Waals surface area contributed by atoms with Crippen molar-refractivity contribution in [3.63, 3.8) is 0 Å². The average Bonchev–Trinajstić information content (AvgIpc) is 2.47. The molecule has 8 heteroatoms. The number of aromatic nitrogens is 2. The van der Waals surface area contributed by atoms with Crippen LogP contribution in [0.25, 0.3) is 0 Å². The highest BCUT2D eigenvalue weighted by molar-refractivity contribution is 7.71. The molecule has 0 unspecified atom stereocenters. The number of aromatic hydroxyl groups is 1. The number of unbranched alkanes of at least 4 members (excludes halogenated alkanes) is 1. The number of nitrogens with one attached hydrogen (secondary N) is 1. The van der Waals surface area contributed by atoms with E-state index in [-0.39, 0.29) is 16.2 Å². The minimum absolute atomic E-state index is 0.130. The summed E-state index contributed by atoms with van der Waals surface area (Å²) in [5.74, 6) is -0.130. The lowest BCUT2D eigenvalue weighted by Crippen LogP contribution is -2.32. The molecule has 0 aromatic carbocycles. The monoisotopic (exact) mass is 312 g/mol. The molecule has 2 N–H and O–H groups in total. The zero-order chi connectivity index (χ0) is 15.2. The number of hydrazone groups is 1. The molecule has 116 valence electrons. The van der Waals surface area contributed by atoms with Gasteiger partial charge < -0.3 is 9.84 Å². The number of hydrogen-bond acceptors (Lipinski definition) is 6. The molecule has 1 saturated heterocycles. The van der Waals surface area contributed by atoms with E-state index in [0.717, 1.165) is 12.8 Å². The summed E-state index contributed by atoms with van der Waals surface area (Å²) >= 11 is 5.09. The molecule has 1 aromatic heterocycles. The molecule has 0 amide bonds. The van der Waals surface area contributed by atoms with Crippen molar-refractivity contribution in [2.75, 3.05) is 26.3 Å². The summed E-state index contributed by atoms with van der Waals surface area (Å²) in [6.07, 6.45) is 3.22. The van der Waals surface area contributed by atoms with Gasteiger partial charge in [0.1, 0.15) is 5.56 Å². The fraction of sp³-hybridized carbons (Fsp3) is 0.615. The molecular weight excluding hydrogens is 292 g/mol. The van der Waals surface area contributed by atoms with E-state index in [0.29, 0.717) is 32.8 Å². The first-order valence-electron chi connectivity index (χ1n) is 7.06. The molecule has 0 atom stereocenters. The molecule has 1 aromatic rings. The van der Waals surface area contributed by atoms with E-state index >= 15 is 0 Å². The second-order valence-electron chi connectivity index (χ2n) is 4.81. The Labute approximate surface area is 127 Å². The smallest absolute Gasteiger partial charge is 0.264 e. The Balaban J connectivity index is 2.27. The van der Waals surface area contributed by atoms with Crippen LogP contribution >= 0.6 is 12.2 Å². The van der Waals surface area contributed by atoms with Gasteiger partial charge in [-0.2, -0.15) is 5.10 Å². The number of nitrogens with zero attached hydrogens (tertiary/aromatic N) is 3. The van der Waals surface area contributed by atoms with Crippen molar-refractivity contribution in [2.45, 2.75) is 26.3 Å². The minimum Gasteiger partial charge on any atom is -0.494 e. The van der Waals surface area contributed by atoms with Gasteiger partial charge in [-0.1, -0.05) is 13.3 Å². The Morgan fingerprint density at radius 2 is 2.19 bits per heavy atom. The Kier molecular flexibility index (Phi) is 5.51. The van der Waals surface area contributed by atoms with Gasteiger partial charge in [0.15, 0.2) is 4.77 Å². The van der Waals surface area contributed by atoms with Crippen molar-refractivity contribution in [1.29, 1.82) is 0 Å². The number of morpholine rings is 1. The van der Waals surface area contributed by atoms with Crippen LogP contribution in [0.4, 0.5) is 0 Å². The lowest BCUT2D eigenvalue weighted by atomic mass is 10.3. The molecule has 2 heterocycles. The lowest BCUT2D eigenvalue weighted by molar-refractivity contribution is 0.0396. The van der Waals surface area contributed by atoms with Crippen LogP contribution in [0.2, 0.25) is 0 Å². The summed E-state index contributed by atoms with van der Waals surface area (Å²) in [5.41, 5.74) is -0.298. The van der Waals surface area contributed by atoms with Crippen LogP contribution in [0.15, 0.2) is 9.90 Å². The molecule has 21 heavy (non-hydrogen) atoms. The SMILES string of the molecule is CCCCn1c(O)c(/C=N/N2CCOCC2)c(=O)[nH]c1=S. The molecule has 1 aliphatic rings. The quantitative estimate of drug-likeness (QED) is 0.628. The predicted molar refractivity (Wildman–Crippen MR) is 82.4 cm³/mol. The second kappa shape index (κ2) is 7.37. The van der Waals surface area contributed by atoms with Crippen LogP contribution in [0.1, 0.15) is 25.3 Å². The van der Waals surface area contributed by atoms with E-state index in [9.17, 15) is 9.90 Å². The van der Waals surface area contributed by atoms with Crippen molar-refractivity contribution in [1.82, 2.24) is 14.6 Å². The zero-order valence-corrected chi connectivity index (χ0v) is 12.9. The van der Waals surface area contributed by atoms with Crippen LogP contribution in [0.5, 0.6) is 5.88 Å². The molecule has 0 spiro atoms. The molecule has 0 aliphatic carbocycles. The first kappa shape index (κ1) is 15.7. The van der Waals surface area contributed by atoms with Crippen molar-refractivity contribution in [2.24, 2.45) is 5.10 Å². The molecule has 1 fully saturated rings. The molecule has 7 nitrogen and oxygen atoms in total. The Bertz CT molecular complexity index is 617. The van der Waals surface area contributed by atoms with Crippen LogP contribution in [-0.2, 0) is 11.3 Å². The van der Waals surface area contributed by atoms with E-state index in [2.05, 4.69) is 10.1 Å². The fourth-order valence-electron chi connectivity index (χ4n) is 2.02. The lowest BCUT2D eigenvalue weighted by Gasteiger charge is -2.23. The highest BCUT2D eigenvalue weighted by Gasteiger charge is 2.12. The highest BCUT2D eigenvalue weighted by Crippen LogP contribution is 2.13. The van der Waals surface area contributed by atoms with Crippen molar-refractivity contribution < 1.29 is 9.84 Å². The van der Waals surface area contributed by atoms with Crippen LogP contribution in [0, 0.1) is 4.77 Å². The van der Waals surface area contributed by atoms with Gasteiger partial charge in [0.25, 0.3) is 5.56 Å². The predicted octanol–water partition coefficient (Wildman–Crippen LogP) is 1.08. The number of hydrogen-bond donors (Lipinski definition) is 2. The first-order chi connectivity index (χ1) is 10.1. The maximum Gasteiger partial charge on any atom is 0.264 e. The summed E-state index contributed by atoms with van der Waals surface area (Å²) in [4.78, 5) is 14.5. The van der Waals surface area contributed by atoms with Gasteiger partial charge >= 0.3 is 0 Å². The van der Waals surface area contributed by atoms with Crippen molar-refractivity contribution in [3.8, 4) is 5.88 Å². The van der Waals surface area contributed by atoms with Gasteiger partial charge in [0.05, 0.1) is 32.5 Å². The summed E-state index contributed by atoms with van der Waals surface area (Å²) < 4.78 is 6.99. The van der Waals surface area contributed by atoms with Gasteiger partial charge in [-0.05, 0) is 18.6 Å². The van der Waals surface area contributed by atoms with E-state index in [4.69, 9.17) is 17.0 Å². The maximum absolute atomic E-state index is 11.9. The van der Waals surface area contributed by atoms with Crippen LogP contribution in [0.3, 0.4) is 0 Å². The maximum atomic E-state index is 11.9. The molecular formula is C13H20N4O3S. The van der Waals surface area contributed by atoms with Gasteiger partial charge in [-0.3, -0.25) is 19.4 Å². The summed E-state index contributed by atoms with van der Waals surface area (Å²) in [6, 6.07) is 0. The van der Waals surface area contributed by atoms with Gasteiger partial charge in [-0.25, -0.2) is 0 Å². The Hall–Kier alpha value is -1.67. The Morgan fingerprint density at radius 3 is 2.86 bits per heavy atom. The summed E-state index contributed by atoms with van der Waals surface area (Å²) in [5, 5.41) is 16.3. The molecule has 0 radical (unpaired) electrons. The van der Waals surface area contributed by atoms with E-state index in [1.54, 1.807) is 5.01 Å². The zero-order valence-electron chi connectivity index (χ0n) is 12.0. The first-order valence-corrected chi connectivity index (χ1v) is 7.47. The highest BCUT2D eigenvalue weighted by atomic mass is 32.1. The third kappa shape index (κ3) is 3.92. The third-order valence-corrected chi connectivity index (χ3v) is 3.60. The molecule has 0 bridgehead atoms. The number of H-pyrrole nitrogens is 1. The van der Waals surface area contributed by atoms with E-state index in [1.165, 1.54) is 10.8 Å². The van der Waals surface area contributed by atoms with Gasteiger partial charge in [0.2, 0.25) is 5.88 Å². The fourth-order valence-corrected chi connectivity index (χ4v) is 2.29. The number of ether oxygens (including phenoxy) is 1.